The molecule has 0 N–H and O–H groups in total. The molecule has 0 atom stereocenters. The molecule has 3 heteroatoms. The van der Waals surface area contributed by atoms with Crippen LogP contribution >= 0.6 is 0 Å². The van der Waals surface area contributed by atoms with Gasteiger partial charge in [-0.1, -0.05) is 0 Å². The van der Waals surface area contributed by atoms with Gasteiger partial charge in [-0.2, -0.15) is 0 Å². The van der Waals surface area contributed by atoms with E-state index in [9.17, 15) is 0 Å². The van der Waals surface area contributed by atoms with Gasteiger partial charge in [0.25, 0.3) is 0 Å². The standard InChI is InChI=1S/C17H18N2O/c1-18-9-8-13-15(18)7-5-12-14-10-11(20-3)4-6-16(14)19(2)17(12)13/h4,6,8-10H,5,7H2,1-3H3. The molecular weight excluding hydrogens is 248 g/mol. The molecule has 1 aliphatic rings. The van der Waals surface area contributed by atoms with Crippen LogP contribution < -0.4 is 4.74 Å². The summed E-state index contributed by atoms with van der Waals surface area (Å²) in [5.41, 5.74) is 6.93. The van der Waals surface area contributed by atoms with Gasteiger partial charge in [0.2, 0.25) is 0 Å². The maximum Gasteiger partial charge on any atom is 0.119 e. The van der Waals surface area contributed by atoms with Crippen LogP contribution in [0.3, 0.4) is 0 Å². The SMILES string of the molecule is COc1ccc2c(c1)c1c(n2C)-c2ccn(C)c2CC1. The zero-order valence-corrected chi connectivity index (χ0v) is 12.1. The largest absolute Gasteiger partial charge is 0.497 e. The Morgan fingerprint density at radius 1 is 1.10 bits per heavy atom. The first-order chi connectivity index (χ1) is 9.70. The van der Waals surface area contributed by atoms with Crippen molar-refractivity contribution in [3.63, 3.8) is 0 Å². The predicted octanol–water partition coefficient (Wildman–Crippen LogP) is 3.29. The number of benzene rings is 1. The van der Waals surface area contributed by atoms with Crippen LogP contribution in [0.1, 0.15) is 11.3 Å². The van der Waals surface area contributed by atoms with Crippen molar-refractivity contribution in [3.05, 3.63) is 41.7 Å². The fourth-order valence-electron chi connectivity index (χ4n) is 3.56. The van der Waals surface area contributed by atoms with E-state index in [1.807, 2.05) is 6.07 Å². The monoisotopic (exact) mass is 266 g/mol. The number of hydrogen-bond donors (Lipinski definition) is 0. The summed E-state index contributed by atoms with van der Waals surface area (Å²) in [6, 6.07) is 8.61. The average molecular weight is 266 g/mol. The highest BCUT2D eigenvalue weighted by Crippen LogP contribution is 2.40. The molecule has 0 bridgehead atoms. The Kier molecular flexibility index (Phi) is 2.28. The minimum absolute atomic E-state index is 0.935. The van der Waals surface area contributed by atoms with Gasteiger partial charge in [-0.25, -0.2) is 0 Å². The van der Waals surface area contributed by atoms with Gasteiger partial charge in [0.05, 0.1) is 12.8 Å². The first-order valence-electron chi connectivity index (χ1n) is 7.00. The van der Waals surface area contributed by atoms with E-state index in [0.717, 1.165) is 18.6 Å². The predicted molar refractivity (Wildman–Crippen MR) is 81.3 cm³/mol. The van der Waals surface area contributed by atoms with Gasteiger partial charge in [0.1, 0.15) is 5.75 Å². The lowest BCUT2D eigenvalue weighted by Gasteiger charge is -2.16. The highest BCUT2D eigenvalue weighted by Gasteiger charge is 2.24. The van der Waals surface area contributed by atoms with Gasteiger partial charge in [0.15, 0.2) is 0 Å². The summed E-state index contributed by atoms with van der Waals surface area (Å²) in [5, 5.41) is 1.33. The van der Waals surface area contributed by atoms with E-state index >= 15 is 0 Å². The maximum atomic E-state index is 5.38. The summed E-state index contributed by atoms with van der Waals surface area (Å²) in [4.78, 5) is 0. The molecule has 3 aromatic rings. The van der Waals surface area contributed by atoms with Gasteiger partial charge >= 0.3 is 0 Å². The zero-order valence-electron chi connectivity index (χ0n) is 12.1. The molecule has 0 saturated carbocycles. The van der Waals surface area contributed by atoms with Crippen molar-refractivity contribution in [2.75, 3.05) is 7.11 Å². The van der Waals surface area contributed by atoms with Crippen molar-refractivity contribution < 1.29 is 4.74 Å². The smallest absolute Gasteiger partial charge is 0.119 e. The number of aryl methyl sites for hydroxylation is 3. The quantitative estimate of drug-likeness (QED) is 0.661. The highest BCUT2D eigenvalue weighted by molar-refractivity contribution is 5.94. The van der Waals surface area contributed by atoms with Crippen LogP contribution in [0.4, 0.5) is 0 Å². The van der Waals surface area contributed by atoms with E-state index in [-0.39, 0.29) is 0 Å². The summed E-state index contributed by atoms with van der Waals surface area (Å²) in [7, 11) is 6.02. The molecule has 0 spiro atoms. The second kappa shape index (κ2) is 3.92. The minimum Gasteiger partial charge on any atom is -0.497 e. The molecule has 2 heterocycles. The van der Waals surface area contributed by atoms with E-state index in [0.29, 0.717) is 0 Å². The zero-order chi connectivity index (χ0) is 13.9. The summed E-state index contributed by atoms with van der Waals surface area (Å²) in [6.45, 7) is 0. The van der Waals surface area contributed by atoms with E-state index in [1.54, 1.807) is 7.11 Å². The summed E-state index contributed by atoms with van der Waals surface area (Å²) < 4.78 is 9.95. The van der Waals surface area contributed by atoms with Crippen LogP contribution in [0.2, 0.25) is 0 Å². The molecule has 4 rings (SSSR count). The average Bonchev–Trinajstić information content (AvgIpc) is 2.98. The molecule has 0 unspecified atom stereocenters. The van der Waals surface area contributed by atoms with Gasteiger partial charge in [-0.05, 0) is 42.7 Å². The number of rotatable bonds is 1. The molecular formula is C17H18N2O. The van der Waals surface area contributed by atoms with Crippen LogP contribution in [0.25, 0.3) is 22.2 Å². The fraction of sp³-hybridized carbons (Fsp3) is 0.294. The molecule has 1 aliphatic carbocycles. The number of nitrogens with zero attached hydrogens (tertiary/aromatic N) is 2. The Hall–Kier alpha value is -2.16. The first-order valence-corrected chi connectivity index (χ1v) is 7.00. The molecule has 0 amide bonds. The Morgan fingerprint density at radius 3 is 2.75 bits per heavy atom. The summed E-state index contributed by atoms with van der Waals surface area (Å²) >= 11 is 0. The number of ether oxygens (including phenoxy) is 1. The van der Waals surface area contributed by atoms with Gasteiger partial charge in [-0.15, -0.1) is 0 Å². The minimum atomic E-state index is 0.935. The Labute approximate surface area is 118 Å². The molecule has 1 aromatic carbocycles. The van der Waals surface area contributed by atoms with E-state index in [2.05, 4.69) is 47.6 Å². The van der Waals surface area contributed by atoms with Crippen molar-refractivity contribution in [1.82, 2.24) is 9.13 Å². The number of aromatic nitrogens is 2. The van der Waals surface area contributed by atoms with Crippen molar-refractivity contribution >= 4 is 10.9 Å². The van der Waals surface area contributed by atoms with Crippen LogP contribution in [0.15, 0.2) is 30.5 Å². The molecule has 0 saturated heterocycles. The Balaban J connectivity index is 2.08. The van der Waals surface area contributed by atoms with E-state index in [4.69, 9.17) is 4.74 Å². The van der Waals surface area contributed by atoms with Crippen molar-refractivity contribution in [3.8, 4) is 17.0 Å². The molecule has 20 heavy (non-hydrogen) atoms. The topological polar surface area (TPSA) is 19.1 Å². The third-order valence-corrected chi connectivity index (χ3v) is 4.58. The molecule has 0 radical (unpaired) electrons. The van der Waals surface area contributed by atoms with Crippen LogP contribution in [0, 0.1) is 0 Å². The highest BCUT2D eigenvalue weighted by atomic mass is 16.5. The summed E-state index contributed by atoms with van der Waals surface area (Å²) in [5.74, 6) is 0.935. The third kappa shape index (κ3) is 1.35. The second-order valence-corrected chi connectivity index (χ2v) is 5.56. The molecule has 0 fully saturated rings. The molecule has 0 aliphatic heterocycles. The van der Waals surface area contributed by atoms with E-state index in [1.165, 1.54) is 33.4 Å². The first kappa shape index (κ1) is 11.6. The lowest BCUT2D eigenvalue weighted by Crippen LogP contribution is -2.07. The van der Waals surface area contributed by atoms with Crippen molar-refractivity contribution in [1.29, 1.82) is 0 Å². The second-order valence-electron chi connectivity index (χ2n) is 5.56. The number of fused-ring (bicyclic) bond motifs is 5. The number of methoxy groups -OCH3 is 1. The van der Waals surface area contributed by atoms with Crippen LogP contribution in [-0.4, -0.2) is 16.2 Å². The summed E-state index contributed by atoms with van der Waals surface area (Å²) in [6.07, 6.45) is 4.38. The van der Waals surface area contributed by atoms with Crippen molar-refractivity contribution in [2.24, 2.45) is 14.1 Å². The van der Waals surface area contributed by atoms with Crippen molar-refractivity contribution in [2.45, 2.75) is 12.8 Å². The molecule has 102 valence electrons. The molecule has 2 aromatic heterocycles. The third-order valence-electron chi connectivity index (χ3n) is 4.58. The normalized spacial score (nSPS) is 13.3. The fourth-order valence-corrected chi connectivity index (χ4v) is 3.56. The number of hydrogen-bond acceptors (Lipinski definition) is 1. The Bertz CT molecular complexity index is 823. The van der Waals surface area contributed by atoms with Gasteiger partial charge < -0.3 is 13.9 Å². The Morgan fingerprint density at radius 2 is 1.95 bits per heavy atom. The van der Waals surface area contributed by atoms with Gasteiger partial charge in [-0.3, -0.25) is 0 Å². The maximum absolute atomic E-state index is 5.38. The van der Waals surface area contributed by atoms with Gasteiger partial charge in [0, 0.05) is 42.5 Å². The molecule has 3 nitrogen and oxygen atoms in total. The lowest BCUT2D eigenvalue weighted by atomic mass is 9.93. The lowest BCUT2D eigenvalue weighted by molar-refractivity contribution is 0.415. The van der Waals surface area contributed by atoms with Crippen LogP contribution in [0.5, 0.6) is 5.75 Å². The van der Waals surface area contributed by atoms with Crippen LogP contribution in [-0.2, 0) is 26.9 Å². The van der Waals surface area contributed by atoms with E-state index < -0.39 is 0 Å².